The first kappa shape index (κ1) is 59.5. The molecule has 1 spiro atoms. The van der Waals surface area contributed by atoms with Gasteiger partial charge in [-0.25, -0.2) is 4.79 Å². The number of nitrogens with two attached hydrogens (primary N) is 1. The molecule has 10 saturated heterocycles. The number of ether oxygens (including phenoxy) is 9. The number of imide groups is 1. The highest BCUT2D eigenvalue weighted by Gasteiger charge is 2.69. The number of aliphatic hydroxyl groups is 1. The first-order valence-corrected chi connectivity index (χ1v) is 29.6. The van der Waals surface area contributed by atoms with Crippen LogP contribution >= 0.6 is 0 Å². The van der Waals surface area contributed by atoms with Crippen molar-refractivity contribution in [1.29, 1.82) is 0 Å². The first-order valence-electron chi connectivity index (χ1n) is 29.6. The Morgan fingerprint density at radius 1 is 0.790 bits per heavy atom. The number of methoxy groups -OCH3 is 1. The van der Waals surface area contributed by atoms with E-state index in [0.29, 0.717) is 32.1 Å². The molecule has 23 nitrogen and oxygen atoms in total. The van der Waals surface area contributed by atoms with Gasteiger partial charge >= 0.3 is 6.03 Å². The number of hydrogen-bond acceptors (Lipinski definition) is 17. The highest BCUT2D eigenvalue weighted by molar-refractivity contribution is 6.13. The lowest BCUT2D eigenvalue weighted by Gasteiger charge is -2.47. The molecular weight excluding hydrogens is 1050 g/mol. The van der Waals surface area contributed by atoms with Gasteiger partial charge in [0.05, 0.1) is 67.1 Å². The van der Waals surface area contributed by atoms with Crippen molar-refractivity contribution in [2.24, 2.45) is 23.5 Å². The van der Waals surface area contributed by atoms with Gasteiger partial charge in [0.15, 0.2) is 5.79 Å². The molecule has 0 aromatic carbocycles. The van der Waals surface area contributed by atoms with E-state index in [4.69, 9.17) is 48.4 Å². The molecule has 1 unspecified atom stereocenters. The molecular formula is C58H84N6O17. The van der Waals surface area contributed by atoms with E-state index in [1.165, 1.54) is 0 Å². The van der Waals surface area contributed by atoms with Gasteiger partial charge < -0.3 is 74.7 Å². The second kappa shape index (κ2) is 25.3. The molecule has 81 heavy (non-hydrogen) atoms. The number of ketones is 1. The predicted molar refractivity (Wildman–Crippen MR) is 286 cm³/mol. The summed E-state index contributed by atoms with van der Waals surface area (Å²) in [4.78, 5) is 91.8. The maximum Gasteiger partial charge on any atom is 0.312 e. The Bertz CT molecular complexity index is 2420. The van der Waals surface area contributed by atoms with Gasteiger partial charge in [-0.2, -0.15) is 0 Å². The van der Waals surface area contributed by atoms with Gasteiger partial charge in [-0.05, 0) is 80.8 Å². The summed E-state index contributed by atoms with van der Waals surface area (Å²) in [6, 6.07) is -3.03. The Labute approximate surface area is 473 Å². The van der Waals surface area contributed by atoms with E-state index in [-0.39, 0.29) is 119 Å². The van der Waals surface area contributed by atoms with Crippen LogP contribution in [0.15, 0.2) is 36.5 Å². The van der Waals surface area contributed by atoms with Crippen LogP contribution in [0.4, 0.5) is 4.79 Å². The number of primary amides is 1. The molecule has 23 heteroatoms. The van der Waals surface area contributed by atoms with Crippen molar-refractivity contribution in [3.05, 3.63) is 36.5 Å². The summed E-state index contributed by atoms with van der Waals surface area (Å²) in [6.07, 6.45) is 2.99. The third-order valence-electron chi connectivity index (χ3n) is 18.5. The maximum atomic E-state index is 14.5. The summed E-state index contributed by atoms with van der Waals surface area (Å²) in [5.74, 6) is -4.61. The van der Waals surface area contributed by atoms with Crippen molar-refractivity contribution in [1.82, 2.24) is 26.2 Å². The molecule has 10 fully saturated rings. The zero-order valence-corrected chi connectivity index (χ0v) is 47.1. The lowest BCUT2D eigenvalue weighted by atomic mass is 9.81. The van der Waals surface area contributed by atoms with Gasteiger partial charge in [-0.1, -0.05) is 33.9 Å². The van der Waals surface area contributed by atoms with Gasteiger partial charge in [0.1, 0.15) is 48.4 Å². The molecule has 0 aromatic rings. The van der Waals surface area contributed by atoms with E-state index in [1.54, 1.807) is 21.0 Å². The summed E-state index contributed by atoms with van der Waals surface area (Å²) in [7, 11) is 1.56. The lowest BCUT2D eigenvalue weighted by molar-refractivity contribution is -0.292. The molecule has 11 heterocycles. The molecule has 11 aliphatic heterocycles. The number of fused-ring (bicyclic) bond motifs is 6. The number of nitrogens with zero attached hydrogens (tertiary/aromatic N) is 1. The molecule has 0 aromatic heterocycles. The fraction of sp³-hybridized carbons (Fsp3) is 0.776. The summed E-state index contributed by atoms with van der Waals surface area (Å²) in [5.41, 5.74) is 7.28. The number of aliphatic hydroxyl groups excluding tert-OH is 1. The maximum absolute atomic E-state index is 14.5. The lowest BCUT2D eigenvalue weighted by Crippen LogP contribution is -2.61. The highest BCUT2D eigenvalue weighted by atomic mass is 16.8. The summed E-state index contributed by atoms with van der Waals surface area (Å²) >= 11 is 0. The van der Waals surface area contributed by atoms with E-state index in [1.807, 2.05) is 0 Å². The van der Waals surface area contributed by atoms with Crippen molar-refractivity contribution in [3.63, 3.8) is 0 Å². The van der Waals surface area contributed by atoms with E-state index in [0.717, 1.165) is 60.3 Å². The van der Waals surface area contributed by atoms with Crippen LogP contribution in [0.5, 0.6) is 0 Å². The Kier molecular flexibility index (Phi) is 18.5. The smallest absolute Gasteiger partial charge is 0.312 e. The fourth-order valence-electron chi connectivity index (χ4n) is 14.3. The zero-order chi connectivity index (χ0) is 57.4. The van der Waals surface area contributed by atoms with Crippen molar-refractivity contribution >= 4 is 41.4 Å². The number of Topliss-reactive ketones (excluding diaryl/α,β-unsaturated/α-hetero) is 1. The van der Waals surface area contributed by atoms with Crippen LogP contribution in [0.1, 0.15) is 124 Å². The summed E-state index contributed by atoms with van der Waals surface area (Å²) < 4.78 is 60.8. The van der Waals surface area contributed by atoms with Gasteiger partial charge in [0.25, 0.3) is 11.8 Å². The minimum atomic E-state index is -1.18. The van der Waals surface area contributed by atoms with Crippen LogP contribution < -0.4 is 27.0 Å². The number of nitrogens with one attached hydrogen (secondary N) is 4. The molecule has 11 aliphatic rings. The number of carbonyl (C=O) groups excluding carboxylic acids is 7. The Morgan fingerprint density at radius 3 is 2.26 bits per heavy atom. The van der Waals surface area contributed by atoms with E-state index in [2.05, 4.69) is 41.3 Å². The van der Waals surface area contributed by atoms with Crippen LogP contribution in [0, 0.1) is 17.8 Å². The SMILES string of the molecule is C=C1C[C@@H]2CC[C@@]34C[C@H]5O[C@@H]6C(O[C@H]7CC[C@H](CC(=O)C[C@@H]8[C@@H](OC)[C@@H](C[C@H](O)CNC(=O)[C@H](CCCNC(N)=O)NC(=O)[C@@H](NC(=O)CCN9C(=O)C=CC9=O)C(C)C)O[C@H]8C[C@H]8O[C@@H](CC[C@@H]1O2)C[C@@H](C)C8=C)O[C@@H]7[C@@H]6O3)[C@H]5O4. The number of carbonyl (C=O) groups is 7. The number of urea groups is 1. The minimum absolute atomic E-state index is 0.0107. The second-order valence-corrected chi connectivity index (χ2v) is 24.6. The van der Waals surface area contributed by atoms with Crippen LogP contribution in [-0.4, -0.2) is 194 Å². The molecule has 7 amide bonds. The number of rotatable bonds is 17. The zero-order valence-electron chi connectivity index (χ0n) is 47.1. The van der Waals surface area contributed by atoms with Crippen molar-refractivity contribution in [3.8, 4) is 0 Å². The minimum Gasteiger partial charge on any atom is -0.391 e. The molecule has 0 radical (unpaired) electrons. The largest absolute Gasteiger partial charge is 0.391 e. The highest BCUT2D eigenvalue weighted by Crippen LogP contribution is 2.54. The molecule has 11 rings (SSSR count). The quantitative estimate of drug-likeness (QED) is 0.0689. The van der Waals surface area contributed by atoms with Gasteiger partial charge in [-0.3, -0.25) is 33.7 Å². The van der Waals surface area contributed by atoms with Gasteiger partial charge in [-0.15, -0.1) is 0 Å². The molecule has 0 saturated carbocycles. The van der Waals surface area contributed by atoms with Crippen molar-refractivity contribution in [2.45, 2.75) is 239 Å². The van der Waals surface area contributed by atoms with E-state index in [9.17, 15) is 38.7 Å². The van der Waals surface area contributed by atoms with Crippen molar-refractivity contribution < 1.29 is 81.3 Å². The number of hydrogen-bond donors (Lipinski definition) is 6. The van der Waals surface area contributed by atoms with Crippen LogP contribution in [0.3, 0.4) is 0 Å². The third-order valence-corrected chi connectivity index (χ3v) is 18.5. The molecule has 21 atom stereocenters. The van der Waals surface area contributed by atoms with E-state index >= 15 is 0 Å². The van der Waals surface area contributed by atoms with Crippen LogP contribution in [0.25, 0.3) is 0 Å². The van der Waals surface area contributed by atoms with Gasteiger partial charge in [0.2, 0.25) is 17.7 Å². The number of amides is 7. The Balaban J connectivity index is 0.817. The third kappa shape index (κ3) is 13.3. The van der Waals surface area contributed by atoms with Crippen LogP contribution in [0.2, 0.25) is 0 Å². The van der Waals surface area contributed by atoms with Crippen molar-refractivity contribution in [2.75, 3.05) is 26.7 Å². The van der Waals surface area contributed by atoms with Gasteiger partial charge in [0, 0.05) is 89.8 Å². The molecule has 448 valence electrons. The Hall–Kier alpha value is -4.69. The Morgan fingerprint density at radius 2 is 1.51 bits per heavy atom. The predicted octanol–water partition coefficient (Wildman–Crippen LogP) is 1.98. The van der Waals surface area contributed by atoms with Crippen LogP contribution in [-0.2, 0) is 71.4 Å². The topological polar surface area (TPSA) is 300 Å². The normalized spacial score (nSPS) is 39.3. The summed E-state index contributed by atoms with van der Waals surface area (Å²) in [6.45, 7) is 14.2. The average molecular weight is 1140 g/mol. The molecule has 12 bridgehead atoms. The monoisotopic (exact) mass is 1140 g/mol. The van der Waals surface area contributed by atoms with E-state index < -0.39 is 114 Å². The standard InChI is InChI=1S/C58H84N6O17/c1-28(2)48(63-45(67)16-19-64-46(68)13-14-47(64)69)56(71)62-38(8-7-18-60-57(59)72)55(70)61-27-33(66)24-43-49(73-6)37-23-32(65)22-35-10-12-40-50(76-35)54-53-52(78-40)51-44(79-53)26-58(80-51,81-54)17-15-36-21-30(4)39(74-36)11-9-34-20-29(3)31(5)41(75-34)25-42(37)77-43/h13-14,28-29,33-44,48-54,66H,4-5,7-12,15-27H2,1-3,6H3,(H,61,70)(H,62,71)(H,63,67)(H3,59,60,72)/t29-,33+,34+,35-,36+,37+,38+,39+,40+,41-,42+,43-,44-,48+,49-,50+,51+,52?,53-,54+,58+/m1/s1. The first-order chi connectivity index (χ1) is 38.7. The average Bonchev–Trinajstić information content (AvgIpc) is 2.44. The molecule has 0 aliphatic carbocycles. The summed E-state index contributed by atoms with van der Waals surface area (Å²) in [5, 5.41) is 22.3. The molecule has 7 N–H and O–H groups in total. The fourth-order valence-corrected chi connectivity index (χ4v) is 14.3. The second-order valence-electron chi connectivity index (χ2n) is 24.6.